The molecule has 1 aromatic heterocycles. The highest BCUT2D eigenvalue weighted by molar-refractivity contribution is 6.28. The molecule has 0 fully saturated rings. The Morgan fingerprint density at radius 3 is 2.41 bits per heavy atom. The van der Waals surface area contributed by atoms with Gasteiger partial charge in [-0.05, 0) is 53.6 Å². The summed E-state index contributed by atoms with van der Waals surface area (Å²) in [4.78, 5) is 8.46. The van der Waals surface area contributed by atoms with Gasteiger partial charge in [-0.2, -0.15) is 10.2 Å². The second-order valence-corrected chi connectivity index (χ2v) is 7.08. The van der Waals surface area contributed by atoms with Gasteiger partial charge in [-0.1, -0.05) is 30.3 Å². The first-order chi connectivity index (χ1) is 15.6. The second-order valence-electron chi connectivity index (χ2n) is 6.74. The lowest BCUT2D eigenvalue weighted by molar-refractivity contribution is 0.290. The quantitative estimate of drug-likeness (QED) is 0.323. The number of benzene rings is 3. The van der Waals surface area contributed by atoms with Gasteiger partial charge < -0.3 is 14.2 Å². The molecule has 0 atom stereocenters. The van der Waals surface area contributed by atoms with Crippen LogP contribution in [0.3, 0.4) is 0 Å². The van der Waals surface area contributed by atoms with E-state index in [4.69, 9.17) is 25.8 Å². The fourth-order valence-corrected chi connectivity index (χ4v) is 3.16. The van der Waals surface area contributed by atoms with Gasteiger partial charge in [0.2, 0.25) is 11.2 Å². The summed E-state index contributed by atoms with van der Waals surface area (Å²) in [6.45, 7) is 0.352. The van der Waals surface area contributed by atoms with Crippen molar-refractivity contribution in [2.24, 2.45) is 0 Å². The first-order valence-corrected chi connectivity index (χ1v) is 10.1. The van der Waals surface area contributed by atoms with Crippen molar-refractivity contribution in [1.82, 2.24) is 9.97 Å². The molecule has 0 spiro atoms. The van der Waals surface area contributed by atoms with E-state index in [0.29, 0.717) is 29.4 Å². The molecule has 158 valence electrons. The van der Waals surface area contributed by atoms with Crippen LogP contribution in [0.1, 0.15) is 11.1 Å². The van der Waals surface area contributed by atoms with Crippen LogP contribution >= 0.6 is 11.6 Å². The van der Waals surface area contributed by atoms with E-state index in [0.717, 1.165) is 16.9 Å². The topological polar surface area (TPSA) is 77.3 Å². The summed E-state index contributed by atoms with van der Waals surface area (Å²) in [6.07, 6.45) is 0. The highest BCUT2D eigenvalue weighted by atomic mass is 35.5. The van der Waals surface area contributed by atoms with Gasteiger partial charge >= 0.3 is 0 Å². The Morgan fingerprint density at radius 1 is 0.906 bits per heavy atom. The van der Waals surface area contributed by atoms with E-state index in [1.807, 2.05) is 54.6 Å². The third kappa shape index (κ3) is 5.15. The van der Waals surface area contributed by atoms with Crippen molar-refractivity contribution in [3.8, 4) is 40.5 Å². The first kappa shape index (κ1) is 21.2. The minimum absolute atomic E-state index is 0.0384. The maximum Gasteiger partial charge on any atom is 0.226 e. The van der Waals surface area contributed by atoms with E-state index in [1.54, 1.807) is 31.4 Å². The predicted octanol–water partition coefficient (Wildman–Crippen LogP) is 6.05. The van der Waals surface area contributed by atoms with Crippen molar-refractivity contribution in [2.75, 3.05) is 7.11 Å². The largest absolute Gasteiger partial charge is 0.497 e. The number of aromatic nitrogens is 2. The Bertz CT molecular complexity index is 1260. The number of hydrogen-bond acceptors (Lipinski definition) is 6. The number of rotatable bonds is 7. The summed E-state index contributed by atoms with van der Waals surface area (Å²) >= 11 is 6.15. The van der Waals surface area contributed by atoms with E-state index >= 15 is 0 Å². The third-order valence-corrected chi connectivity index (χ3v) is 4.75. The van der Waals surface area contributed by atoms with Gasteiger partial charge in [-0.25, -0.2) is 4.98 Å². The van der Waals surface area contributed by atoms with Crippen molar-refractivity contribution in [1.29, 1.82) is 5.26 Å². The maximum absolute atomic E-state index is 9.30. The van der Waals surface area contributed by atoms with E-state index in [-0.39, 0.29) is 11.2 Å². The minimum Gasteiger partial charge on any atom is -0.497 e. The van der Waals surface area contributed by atoms with Crippen molar-refractivity contribution < 1.29 is 14.2 Å². The summed E-state index contributed by atoms with van der Waals surface area (Å²) in [5.74, 6) is 1.80. The van der Waals surface area contributed by atoms with Gasteiger partial charge in [0.25, 0.3) is 0 Å². The summed E-state index contributed by atoms with van der Waals surface area (Å²) in [5, 5.41) is 9.34. The first-order valence-electron chi connectivity index (χ1n) is 9.72. The van der Waals surface area contributed by atoms with Crippen LogP contribution < -0.4 is 14.2 Å². The zero-order chi connectivity index (χ0) is 22.3. The van der Waals surface area contributed by atoms with E-state index in [9.17, 15) is 5.26 Å². The fraction of sp³-hybridized carbons (Fsp3) is 0.0800. The minimum atomic E-state index is 0.0384. The summed E-state index contributed by atoms with van der Waals surface area (Å²) in [7, 11) is 1.61. The Kier molecular flexibility index (Phi) is 6.49. The van der Waals surface area contributed by atoms with Gasteiger partial charge in [-0.15, -0.1) is 0 Å². The monoisotopic (exact) mass is 443 g/mol. The molecule has 6 nitrogen and oxygen atoms in total. The second kappa shape index (κ2) is 9.82. The zero-order valence-electron chi connectivity index (χ0n) is 17.2. The molecule has 0 aliphatic rings. The highest BCUT2D eigenvalue weighted by Gasteiger charge is 2.13. The van der Waals surface area contributed by atoms with Crippen LogP contribution in [0.2, 0.25) is 5.28 Å². The van der Waals surface area contributed by atoms with E-state index < -0.39 is 0 Å². The molecule has 0 saturated carbocycles. The number of nitrogens with zero attached hydrogens (tertiary/aromatic N) is 3. The van der Waals surface area contributed by atoms with Gasteiger partial charge in [0.15, 0.2) is 11.5 Å². The van der Waals surface area contributed by atoms with Crippen LogP contribution in [0.25, 0.3) is 11.3 Å². The molecule has 7 heteroatoms. The van der Waals surface area contributed by atoms with Gasteiger partial charge in [0.05, 0.1) is 24.4 Å². The molecule has 0 unspecified atom stereocenters. The Labute approximate surface area is 190 Å². The third-order valence-electron chi connectivity index (χ3n) is 4.59. The molecule has 4 rings (SSSR count). The number of methoxy groups -OCH3 is 1. The van der Waals surface area contributed by atoms with Crippen molar-refractivity contribution in [3.63, 3.8) is 0 Å². The van der Waals surface area contributed by atoms with Crippen LogP contribution in [0.15, 0.2) is 78.9 Å². The molecular weight excluding hydrogens is 426 g/mol. The molecule has 0 aliphatic heterocycles. The Morgan fingerprint density at radius 2 is 1.69 bits per heavy atom. The Balaban J connectivity index is 1.62. The normalized spacial score (nSPS) is 10.3. The van der Waals surface area contributed by atoms with Gasteiger partial charge in [-0.3, -0.25) is 0 Å². The smallest absolute Gasteiger partial charge is 0.226 e. The molecule has 0 amide bonds. The van der Waals surface area contributed by atoms with Crippen molar-refractivity contribution in [2.45, 2.75) is 6.61 Å². The fourth-order valence-electron chi connectivity index (χ4n) is 2.98. The summed E-state index contributed by atoms with van der Waals surface area (Å²) < 4.78 is 17.1. The van der Waals surface area contributed by atoms with Gasteiger partial charge in [0.1, 0.15) is 12.4 Å². The standard InChI is InChI=1S/C25H18ClN3O3/c1-30-20-10-8-19(9-11-20)21-14-24(29-25(26)28-21)32-23-13-18(15-27)7-12-22(23)31-16-17-5-3-2-4-6-17/h2-14H,16H2,1H3. The van der Waals surface area contributed by atoms with Gasteiger partial charge in [0, 0.05) is 17.7 Å². The molecule has 0 aliphatic carbocycles. The predicted molar refractivity (Wildman–Crippen MR) is 121 cm³/mol. The molecule has 32 heavy (non-hydrogen) atoms. The average Bonchev–Trinajstić information content (AvgIpc) is 2.83. The number of nitriles is 1. The lowest BCUT2D eigenvalue weighted by Crippen LogP contribution is -1.99. The highest BCUT2D eigenvalue weighted by Crippen LogP contribution is 2.34. The summed E-state index contributed by atoms with van der Waals surface area (Å²) in [5.41, 5.74) is 2.86. The molecule has 0 N–H and O–H groups in total. The molecule has 0 radical (unpaired) electrons. The van der Waals surface area contributed by atoms with Crippen LogP contribution in [-0.4, -0.2) is 17.1 Å². The zero-order valence-corrected chi connectivity index (χ0v) is 17.9. The number of halogens is 1. The molecule has 0 saturated heterocycles. The van der Waals surface area contributed by atoms with E-state index in [1.165, 1.54) is 0 Å². The van der Waals surface area contributed by atoms with Crippen LogP contribution in [0.4, 0.5) is 0 Å². The van der Waals surface area contributed by atoms with Crippen molar-refractivity contribution >= 4 is 11.6 Å². The molecule has 4 aromatic rings. The number of hydrogen-bond donors (Lipinski definition) is 0. The average molecular weight is 444 g/mol. The number of ether oxygens (including phenoxy) is 3. The molecular formula is C25H18ClN3O3. The SMILES string of the molecule is COc1ccc(-c2cc(Oc3cc(C#N)ccc3OCc3ccccc3)nc(Cl)n2)cc1. The van der Waals surface area contributed by atoms with Crippen LogP contribution in [0, 0.1) is 11.3 Å². The molecule has 3 aromatic carbocycles. The summed E-state index contributed by atoms with van der Waals surface area (Å²) in [6, 6.07) is 25.9. The molecule has 1 heterocycles. The molecule has 0 bridgehead atoms. The van der Waals surface area contributed by atoms with Crippen molar-refractivity contribution in [3.05, 3.63) is 95.3 Å². The van der Waals surface area contributed by atoms with Crippen LogP contribution in [0.5, 0.6) is 23.1 Å². The Hall–Kier alpha value is -4.08. The lowest BCUT2D eigenvalue weighted by Gasteiger charge is -2.13. The lowest BCUT2D eigenvalue weighted by atomic mass is 10.1. The van der Waals surface area contributed by atoms with Crippen LogP contribution in [-0.2, 0) is 6.61 Å². The maximum atomic E-state index is 9.30. The van der Waals surface area contributed by atoms with E-state index in [2.05, 4.69) is 16.0 Å².